The van der Waals surface area contributed by atoms with Gasteiger partial charge in [0.05, 0.1) is 11.3 Å². The Kier molecular flexibility index (Phi) is 8.25. The molecule has 35 heavy (non-hydrogen) atoms. The van der Waals surface area contributed by atoms with Crippen LogP contribution in [-0.4, -0.2) is 47.7 Å². The molecule has 2 aromatic carbocycles. The van der Waals surface area contributed by atoms with Crippen LogP contribution in [0.5, 0.6) is 0 Å². The second-order valence-corrected chi connectivity index (χ2v) is 11.3. The molecule has 0 radical (unpaired) electrons. The Balaban J connectivity index is 1.40. The van der Waals surface area contributed by atoms with Crippen molar-refractivity contribution in [2.75, 3.05) is 18.1 Å². The van der Waals surface area contributed by atoms with Crippen molar-refractivity contribution in [3.63, 3.8) is 0 Å². The first-order chi connectivity index (χ1) is 16.9. The van der Waals surface area contributed by atoms with Crippen molar-refractivity contribution in [3.05, 3.63) is 65.5 Å². The van der Waals surface area contributed by atoms with Crippen molar-refractivity contribution in [1.29, 1.82) is 0 Å². The molecule has 0 aliphatic heterocycles. The van der Waals surface area contributed by atoms with E-state index >= 15 is 0 Å². The van der Waals surface area contributed by atoms with E-state index in [0.29, 0.717) is 24.4 Å². The summed E-state index contributed by atoms with van der Waals surface area (Å²) in [5.41, 5.74) is 1.33. The van der Waals surface area contributed by atoms with Gasteiger partial charge in [-0.3, -0.25) is 10.1 Å². The SMILES string of the molecule is CCN(C1CCCCC1)S(=O)(=O)c1ccc(C(=O)Nc2nnc(Cc3ccc(SC)cc3)o2)cc1. The number of rotatable bonds is 9. The Morgan fingerprint density at radius 2 is 1.74 bits per heavy atom. The fraction of sp³-hybridized carbons (Fsp3) is 0.400. The van der Waals surface area contributed by atoms with Crippen LogP contribution in [0.2, 0.25) is 0 Å². The van der Waals surface area contributed by atoms with Gasteiger partial charge in [-0.15, -0.1) is 16.9 Å². The summed E-state index contributed by atoms with van der Waals surface area (Å²) >= 11 is 1.67. The van der Waals surface area contributed by atoms with E-state index in [4.69, 9.17) is 4.42 Å². The van der Waals surface area contributed by atoms with Gasteiger partial charge in [0.2, 0.25) is 15.9 Å². The number of hydrogen-bond donors (Lipinski definition) is 1. The Labute approximate surface area is 210 Å². The van der Waals surface area contributed by atoms with Crippen LogP contribution in [0.3, 0.4) is 0 Å². The lowest BCUT2D eigenvalue weighted by Crippen LogP contribution is -2.41. The van der Waals surface area contributed by atoms with E-state index in [0.717, 1.165) is 37.7 Å². The molecule has 4 rings (SSSR count). The number of anilines is 1. The molecule has 0 bridgehead atoms. The van der Waals surface area contributed by atoms with Gasteiger partial charge >= 0.3 is 6.01 Å². The quantitative estimate of drug-likeness (QED) is 0.402. The first-order valence-electron chi connectivity index (χ1n) is 11.8. The molecule has 1 aromatic heterocycles. The summed E-state index contributed by atoms with van der Waals surface area (Å²) in [5.74, 6) is -0.0610. The van der Waals surface area contributed by atoms with Crippen LogP contribution in [0, 0.1) is 0 Å². The molecule has 1 heterocycles. The van der Waals surface area contributed by atoms with Crippen LogP contribution in [0.25, 0.3) is 0 Å². The lowest BCUT2D eigenvalue weighted by atomic mass is 9.95. The summed E-state index contributed by atoms with van der Waals surface area (Å²) in [7, 11) is -3.62. The van der Waals surface area contributed by atoms with Gasteiger partial charge in [-0.05, 0) is 61.1 Å². The minimum atomic E-state index is -3.62. The van der Waals surface area contributed by atoms with E-state index in [-0.39, 0.29) is 17.0 Å². The van der Waals surface area contributed by atoms with Gasteiger partial charge in [0, 0.05) is 23.0 Å². The lowest BCUT2D eigenvalue weighted by Gasteiger charge is -2.32. The fourth-order valence-electron chi connectivity index (χ4n) is 4.37. The first kappa shape index (κ1) is 25.4. The maximum atomic E-state index is 13.2. The lowest BCUT2D eigenvalue weighted by molar-refractivity contribution is 0.102. The average molecular weight is 515 g/mol. The third kappa shape index (κ3) is 6.12. The number of hydrogen-bond acceptors (Lipinski definition) is 7. The van der Waals surface area contributed by atoms with Gasteiger partial charge < -0.3 is 4.42 Å². The predicted molar refractivity (Wildman–Crippen MR) is 136 cm³/mol. The van der Waals surface area contributed by atoms with Crippen LogP contribution in [0.15, 0.2) is 62.7 Å². The van der Waals surface area contributed by atoms with Crippen molar-refractivity contribution < 1.29 is 17.6 Å². The highest BCUT2D eigenvalue weighted by Gasteiger charge is 2.31. The van der Waals surface area contributed by atoms with Crippen molar-refractivity contribution in [1.82, 2.24) is 14.5 Å². The van der Waals surface area contributed by atoms with E-state index in [1.807, 2.05) is 37.4 Å². The van der Waals surface area contributed by atoms with Gasteiger partial charge in [-0.25, -0.2) is 8.42 Å². The number of sulfonamides is 1. The monoisotopic (exact) mass is 514 g/mol. The predicted octanol–water partition coefficient (Wildman–Crippen LogP) is 4.98. The number of nitrogens with one attached hydrogen (secondary N) is 1. The minimum absolute atomic E-state index is 0.00288. The zero-order valence-electron chi connectivity index (χ0n) is 19.9. The number of carbonyl (C=O) groups excluding carboxylic acids is 1. The van der Waals surface area contributed by atoms with E-state index < -0.39 is 15.9 Å². The number of aromatic nitrogens is 2. The summed E-state index contributed by atoms with van der Waals surface area (Å²) in [5, 5.41) is 10.5. The molecule has 1 fully saturated rings. The summed E-state index contributed by atoms with van der Waals surface area (Å²) in [6, 6.07) is 14.0. The van der Waals surface area contributed by atoms with Crippen molar-refractivity contribution >= 4 is 33.7 Å². The Bertz CT molecular complexity index is 1240. The maximum Gasteiger partial charge on any atom is 0.322 e. The van der Waals surface area contributed by atoms with Gasteiger partial charge in [0.15, 0.2) is 0 Å². The summed E-state index contributed by atoms with van der Waals surface area (Å²) in [4.78, 5) is 14.0. The van der Waals surface area contributed by atoms with Crippen molar-refractivity contribution in [2.24, 2.45) is 0 Å². The molecule has 1 N–H and O–H groups in total. The van der Waals surface area contributed by atoms with Crippen LogP contribution >= 0.6 is 11.8 Å². The summed E-state index contributed by atoms with van der Waals surface area (Å²) in [6.45, 7) is 2.29. The fourth-order valence-corrected chi connectivity index (χ4v) is 6.47. The molecule has 0 atom stereocenters. The molecular formula is C25H30N4O4S2. The minimum Gasteiger partial charge on any atom is -0.407 e. The number of amides is 1. The molecule has 0 saturated heterocycles. The average Bonchev–Trinajstić information content (AvgIpc) is 3.32. The largest absolute Gasteiger partial charge is 0.407 e. The van der Waals surface area contributed by atoms with E-state index in [9.17, 15) is 13.2 Å². The number of carbonyl (C=O) groups is 1. The molecule has 186 valence electrons. The highest BCUT2D eigenvalue weighted by molar-refractivity contribution is 7.98. The third-order valence-corrected chi connectivity index (χ3v) is 9.00. The van der Waals surface area contributed by atoms with Crippen LogP contribution in [-0.2, 0) is 16.4 Å². The van der Waals surface area contributed by atoms with Crippen molar-refractivity contribution in [2.45, 2.75) is 61.3 Å². The third-order valence-electron chi connectivity index (χ3n) is 6.22. The Morgan fingerprint density at radius 3 is 2.37 bits per heavy atom. The molecule has 8 nitrogen and oxygen atoms in total. The normalized spacial score (nSPS) is 14.8. The molecule has 0 spiro atoms. The van der Waals surface area contributed by atoms with Gasteiger partial charge in [-0.1, -0.05) is 43.4 Å². The number of thioether (sulfide) groups is 1. The molecular weight excluding hydrogens is 484 g/mol. The molecule has 1 amide bonds. The van der Waals surface area contributed by atoms with Gasteiger partial charge in [0.25, 0.3) is 5.91 Å². The van der Waals surface area contributed by atoms with E-state index in [1.165, 1.54) is 29.2 Å². The van der Waals surface area contributed by atoms with Gasteiger partial charge in [-0.2, -0.15) is 4.31 Å². The van der Waals surface area contributed by atoms with Crippen molar-refractivity contribution in [3.8, 4) is 0 Å². The standard InChI is InChI=1S/C25H30N4O4S2/c1-3-29(20-7-5-4-6-8-20)35(31,32)22-15-11-19(12-16-22)24(30)26-25-28-27-23(33-25)17-18-9-13-21(34-2)14-10-18/h9-16,20H,3-8,17H2,1-2H3,(H,26,28,30). The maximum absolute atomic E-state index is 13.2. The molecule has 1 aliphatic rings. The molecule has 1 aliphatic carbocycles. The molecule has 10 heteroatoms. The zero-order valence-corrected chi connectivity index (χ0v) is 21.6. The summed E-state index contributed by atoms with van der Waals surface area (Å²) < 4.78 is 33.6. The van der Waals surface area contributed by atoms with Crippen LogP contribution < -0.4 is 5.32 Å². The van der Waals surface area contributed by atoms with Gasteiger partial charge in [0.1, 0.15) is 0 Å². The topological polar surface area (TPSA) is 105 Å². The Morgan fingerprint density at radius 1 is 1.06 bits per heavy atom. The summed E-state index contributed by atoms with van der Waals surface area (Å²) in [6.07, 6.45) is 7.52. The molecule has 3 aromatic rings. The first-order valence-corrected chi connectivity index (χ1v) is 14.5. The van der Waals surface area contributed by atoms with Crippen LogP contribution in [0.1, 0.15) is 60.8 Å². The zero-order chi connectivity index (χ0) is 24.8. The second kappa shape index (κ2) is 11.4. The Hall–Kier alpha value is -2.69. The number of nitrogens with zero attached hydrogens (tertiary/aromatic N) is 3. The van der Waals surface area contributed by atoms with E-state index in [2.05, 4.69) is 15.5 Å². The molecule has 1 saturated carbocycles. The molecule has 0 unspecified atom stereocenters. The highest BCUT2D eigenvalue weighted by Crippen LogP contribution is 2.28. The smallest absolute Gasteiger partial charge is 0.322 e. The van der Waals surface area contributed by atoms with Crippen LogP contribution in [0.4, 0.5) is 6.01 Å². The number of benzene rings is 2. The van der Waals surface area contributed by atoms with E-state index in [1.54, 1.807) is 16.1 Å². The second-order valence-electron chi connectivity index (χ2n) is 8.50. The highest BCUT2D eigenvalue weighted by atomic mass is 32.2.